The molecule has 0 spiro atoms. The van der Waals surface area contributed by atoms with Crippen LogP contribution in [0.1, 0.15) is 0 Å². The van der Waals surface area contributed by atoms with Gasteiger partial charge in [-0.05, 0) is 12.1 Å². The Balaban J connectivity index is 2.85. The van der Waals surface area contributed by atoms with E-state index in [1.165, 1.54) is 0 Å². The third-order valence-corrected chi connectivity index (χ3v) is 2.36. The molecule has 0 aliphatic heterocycles. The summed E-state index contributed by atoms with van der Waals surface area (Å²) in [5.41, 5.74) is 0. The summed E-state index contributed by atoms with van der Waals surface area (Å²) >= 11 is 0. The van der Waals surface area contributed by atoms with Gasteiger partial charge in [0, 0.05) is 0 Å². The van der Waals surface area contributed by atoms with E-state index < -0.39 is 8.15 Å². The molecule has 1 nitrogen and oxygen atoms in total. The van der Waals surface area contributed by atoms with Crippen LogP contribution in [0.4, 0.5) is 0 Å². The van der Waals surface area contributed by atoms with Gasteiger partial charge >= 0.3 is 0 Å². The van der Waals surface area contributed by atoms with Crippen molar-refractivity contribution >= 4 is 13.5 Å². The van der Waals surface area contributed by atoms with E-state index in [1.54, 1.807) is 0 Å². The lowest BCUT2D eigenvalue weighted by molar-refractivity contribution is 0.641. The summed E-state index contributed by atoms with van der Waals surface area (Å²) in [4.78, 5) is 9.13. The van der Waals surface area contributed by atoms with Crippen LogP contribution < -0.4 is 5.30 Å². The molecule has 0 fully saturated rings. The third-order valence-electron chi connectivity index (χ3n) is 1.19. The molecule has 0 heterocycles. The standard InChI is InChI=1S/C7H9OP/c1-9(8)7-5-3-2-4-6-7/h2-6,8H,1H3/p+1. The van der Waals surface area contributed by atoms with Gasteiger partial charge in [0.25, 0.3) is 0 Å². The second kappa shape index (κ2) is 2.95. The Labute approximate surface area is 56.2 Å². The molecule has 1 aromatic carbocycles. The molecule has 1 atom stereocenters. The van der Waals surface area contributed by atoms with Gasteiger partial charge in [0.1, 0.15) is 5.30 Å². The first-order valence-corrected chi connectivity index (χ1v) is 4.83. The maximum absolute atomic E-state index is 9.13. The van der Waals surface area contributed by atoms with Gasteiger partial charge in [-0.3, -0.25) is 0 Å². The van der Waals surface area contributed by atoms with Crippen LogP contribution in [0, 0.1) is 0 Å². The van der Waals surface area contributed by atoms with Crippen molar-refractivity contribution < 1.29 is 4.89 Å². The lowest BCUT2D eigenvalue weighted by Crippen LogP contribution is -1.95. The number of benzene rings is 1. The summed E-state index contributed by atoms with van der Waals surface area (Å²) in [6.45, 7) is 1.86. The van der Waals surface area contributed by atoms with E-state index in [9.17, 15) is 0 Å². The Hall–Kier alpha value is -0.390. The van der Waals surface area contributed by atoms with Gasteiger partial charge in [-0.2, -0.15) is 0 Å². The van der Waals surface area contributed by atoms with Crippen LogP contribution >= 0.6 is 8.15 Å². The Morgan fingerprint density at radius 3 is 2.11 bits per heavy atom. The molecule has 0 amide bonds. The summed E-state index contributed by atoms with van der Waals surface area (Å²) in [6.07, 6.45) is 0. The first-order chi connectivity index (χ1) is 4.30. The zero-order chi connectivity index (χ0) is 6.69. The number of rotatable bonds is 1. The maximum atomic E-state index is 9.13. The van der Waals surface area contributed by atoms with Crippen molar-refractivity contribution in [2.75, 3.05) is 6.66 Å². The van der Waals surface area contributed by atoms with Crippen LogP contribution in [0.25, 0.3) is 0 Å². The van der Waals surface area contributed by atoms with Gasteiger partial charge < -0.3 is 0 Å². The van der Waals surface area contributed by atoms with E-state index in [2.05, 4.69) is 0 Å². The SMILES string of the molecule is C[PH+](O)c1ccccc1. The molecule has 9 heavy (non-hydrogen) atoms. The normalized spacial score (nSPS) is 13.1. The molecule has 0 saturated heterocycles. The molecule has 0 saturated carbocycles. The van der Waals surface area contributed by atoms with Crippen molar-refractivity contribution in [3.63, 3.8) is 0 Å². The fraction of sp³-hybridized carbons (Fsp3) is 0.143. The average molecular weight is 141 g/mol. The molecule has 0 aliphatic carbocycles. The van der Waals surface area contributed by atoms with Crippen LogP contribution in [0.5, 0.6) is 0 Å². The van der Waals surface area contributed by atoms with Crippen LogP contribution in [0.3, 0.4) is 0 Å². The average Bonchev–Trinajstić information content (AvgIpc) is 1.90. The smallest absolute Gasteiger partial charge is 0.158 e. The van der Waals surface area contributed by atoms with Gasteiger partial charge in [0.15, 0.2) is 8.15 Å². The Morgan fingerprint density at radius 1 is 1.22 bits per heavy atom. The van der Waals surface area contributed by atoms with E-state index in [4.69, 9.17) is 4.89 Å². The highest BCUT2D eigenvalue weighted by atomic mass is 31.1. The predicted octanol–water partition coefficient (Wildman–Crippen LogP) is 1.06. The van der Waals surface area contributed by atoms with Crippen molar-refractivity contribution in [2.45, 2.75) is 0 Å². The molecular formula is C7H10OP+. The van der Waals surface area contributed by atoms with Crippen molar-refractivity contribution in [3.05, 3.63) is 30.3 Å². The Morgan fingerprint density at radius 2 is 1.78 bits per heavy atom. The lowest BCUT2D eigenvalue weighted by atomic mass is 10.4. The van der Waals surface area contributed by atoms with Gasteiger partial charge in [-0.15, -0.1) is 0 Å². The number of hydrogen-bond donors (Lipinski definition) is 1. The van der Waals surface area contributed by atoms with E-state index in [1.807, 2.05) is 37.0 Å². The largest absolute Gasteiger partial charge is 0.249 e. The highest BCUT2D eigenvalue weighted by molar-refractivity contribution is 7.59. The van der Waals surface area contributed by atoms with Gasteiger partial charge in [-0.1, -0.05) is 18.2 Å². The third kappa shape index (κ3) is 1.78. The molecule has 1 rings (SSSR count). The zero-order valence-corrected chi connectivity index (χ0v) is 6.33. The molecule has 48 valence electrons. The highest BCUT2D eigenvalue weighted by Crippen LogP contribution is 2.21. The zero-order valence-electron chi connectivity index (χ0n) is 5.33. The van der Waals surface area contributed by atoms with E-state index in [0.29, 0.717) is 0 Å². The summed E-state index contributed by atoms with van der Waals surface area (Å²) < 4.78 is 0. The van der Waals surface area contributed by atoms with Crippen molar-refractivity contribution in [1.29, 1.82) is 0 Å². The minimum absolute atomic E-state index is 1.07. The summed E-state index contributed by atoms with van der Waals surface area (Å²) in [5.74, 6) is 0. The molecule has 1 N–H and O–H groups in total. The minimum atomic E-state index is -1.21. The van der Waals surface area contributed by atoms with E-state index in [-0.39, 0.29) is 0 Å². The van der Waals surface area contributed by atoms with Crippen LogP contribution in [0.2, 0.25) is 0 Å². The van der Waals surface area contributed by atoms with Crippen LogP contribution in [-0.2, 0) is 0 Å². The van der Waals surface area contributed by atoms with E-state index >= 15 is 0 Å². The Kier molecular flexibility index (Phi) is 2.21. The van der Waals surface area contributed by atoms with Crippen molar-refractivity contribution in [2.24, 2.45) is 0 Å². The van der Waals surface area contributed by atoms with E-state index in [0.717, 1.165) is 5.30 Å². The quantitative estimate of drug-likeness (QED) is 0.580. The first-order valence-electron chi connectivity index (χ1n) is 2.88. The second-order valence-electron chi connectivity index (χ2n) is 1.95. The molecule has 0 radical (unpaired) electrons. The molecule has 1 unspecified atom stereocenters. The van der Waals surface area contributed by atoms with Crippen LogP contribution in [0.15, 0.2) is 30.3 Å². The molecule has 2 heteroatoms. The second-order valence-corrected chi connectivity index (χ2v) is 3.70. The topological polar surface area (TPSA) is 20.2 Å². The monoisotopic (exact) mass is 141 g/mol. The van der Waals surface area contributed by atoms with Crippen LogP contribution in [-0.4, -0.2) is 11.6 Å². The molecule has 0 aliphatic rings. The molecular weight excluding hydrogens is 131 g/mol. The number of hydrogen-bond acceptors (Lipinski definition) is 1. The fourth-order valence-electron chi connectivity index (χ4n) is 0.679. The van der Waals surface area contributed by atoms with Gasteiger partial charge in [0.2, 0.25) is 0 Å². The maximum Gasteiger partial charge on any atom is 0.158 e. The molecule has 0 bridgehead atoms. The first kappa shape index (κ1) is 6.73. The highest BCUT2D eigenvalue weighted by Gasteiger charge is 2.04. The lowest BCUT2D eigenvalue weighted by Gasteiger charge is -1.92. The van der Waals surface area contributed by atoms with Crippen molar-refractivity contribution in [1.82, 2.24) is 0 Å². The molecule has 0 aromatic heterocycles. The minimum Gasteiger partial charge on any atom is -0.249 e. The van der Waals surface area contributed by atoms with Gasteiger partial charge in [0.05, 0.1) is 6.66 Å². The molecule has 1 aromatic rings. The summed E-state index contributed by atoms with van der Waals surface area (Å²) in [6, 6.07) is 9.75. The Bertz CT molecular complexity index is 172. The fourth-order valence-corrected chi connectivity index (χ4v) is 1.35. The summed E-state index contributed by atoms with van der Waals surface area (Å²) in [7, 11) is -1.21. The predicted molar refractivity (Wildman–Crippen MR) is 42.5 cm³/mol. The van der Waals surface area contributed by atoms with Crippen molar-refractivity contribution in [3.8, 4) is 0 Å². The summed E-state index contributed by atoms with van der Waals surface area (Å²) in [5, 5.41) is 1.07. The van der Waals surface area contributed by atoms with Gasteiger partial charge in [-0.25, -0.2) is 4.89 Å².